The van der Waals surface area contributed by atoms with Crippen LogP contribution in [-0.2, 0) is 6.42 Å². The van der Waals surface area contributed by atoms with E-state index in [1.807, 2.05) is 0 Å². The Kier molecular flexibility index (Phi) is 4.84. The summed E-state index contributed by atoms with van der Waals surface area (Å²) < 4.78 is 2.06. The minimum absolute atomic E-state index is 0.379. The molecule has 1 aromatic rings. The first-order valence-electron chi connectivity index (χ1n) is 8.01. The van der Waals surface area contributed by atoms with Crippen LogP contribution in [0.4, 0.5) is 0 Å². The largest absolute Gasteiger partial charge is 0.316 e. The number of hydrogen-bond acceptors (Lipinski definition) is 3. The second-order valence-electron chi connectivity index (χ2n) is 7.15. The van der Waals surface area contributed by atoms with E-state index >= 15 is 0 Å². The number of likely N-dealkylation sites (N-methyl/N-ethyl adjacent to an activating group) is 1. The van der Waals surface area contributed by atoms with Gasteiger partial charge in [0.1, 0.15) is 12.2 Å². The molecule has 20 heavy (non-hydrogen) atoms. The van der Waals surface area contributed by atoms with E-state index in [2.05, 4.69) is 54.8 Å². The van der Waals surface area contributed by atoms with Gasteiger partial charge in [-0.3, -0.25) is 0 Å². The van der Waals surface area contributed by atoms with Gasteiger partial charge in [0.2, 0.25) is 0 Å². The van der Waals surface area contributed by atoms with Crippen LogP contribution in [0.15, 0.2) is 6.33 Å². The number of nitrogens with one attached hydrogen (secondary N) is 1. The lowest BCUT2D eigenvalue weighted by Gasteiger charge is -2.43. The SMILES string of the molecule is CNC(Cc1ncnn1C(C)C)C1CCCCC1(C)C. The van der Waals surface area contributed by atoms with Gasteiger partial charge in [0.25, 0.3) is 0 Å². The van der Waals surface area contributed by atoms with Crippen molar-refractivity contribution in [1.82, 2.24) is 20.1 Å². The van der Waals surface area contributed by atoms with Crippen molar-refractivity contribution in [2.45, 2.75) is 71.9 Å². The number of nitrogens with zero attached hydrogens (tertiary/aromatic N) is 3. The van der Waals surface area contributed by atoms with Gasteiger partial charge in [-0.1, -0.05) is 26.7 Å². The summed E-state index contributed by atoms with van der Waals surface area (Å²) in [5.41, 5.74) is 0.425. The van der Waals surface area contributed by atoms with Crippen LogP contribution in [0.3, 0.4) is 0 Å². The van der Waals surface area contributed by atoms with Gasteiger partial charge in [0.05, 0.1) is 0 Å². The minimum atomic E-state index is 0.379. The minimum Gasteiger partial charge on any atom is -0.316 e. The molecule has 114 valence electrons. The van der Waals surface area contributed by atoms with Crippen molar-refractivity contribution in [2.24, 2.45) is 11.3 Å². The first kappa shape index (κ1) is 15.5. The summed E-state index contributed by atoms with van der Waals surface area (Å²) in [6.07, 6.45) is 8.07. The first-order chi connectivity index (χ1) is 9.45. The molecule has 0 aliphatic heterocycles. The molecule has 0 saturated heterocycles. The van der Waals surface area contributed by atoms with Crippen LogP contribution in [0.25, 0.3) is 0 Å². The molecule has 1 heterocycles. The molecular formula is C16H30N4. The molecule has 1 aliphatic carbocycles. The summed E-state index contributed by atoms with van der Waals surface area (Å²) in [5.74, 6) is 1.83. The number of aromatic nitrogens is 3. The predicted octanol–water partition coefficient (Wildman–Crippen LogP) is 3.21. The molecule has 0 spiro atoms. The second kappa shape index (κ2) is 6.25. The second-order valence-corrected chi connectivity index (χ2v) is 7.15. The van der Waals surface area contributed by atoms with Gasteiger partial charge in [0.15, 0.2) is 0 Å². The zero-order valence-electron chi connectivity index (χ0n) is 13.7. The lowest BCUT2D eigenvalue weighted by atomic mass is 9.65. The quantitative estimate of drug-likeness (QED) is 0.899. The summed E-state index contributed by atoms with van der Waals surface area (Å²) in [7, 11) is 2.09. The molecule has 0 radical (unpaired) electrons. The summed E-state index contributed by atoms with van der Waals surface area (Å²) in [6, 6.07) is 0.872. The third-order valence-corrected chi connectivity index (χ3v) is 4.99. The fourth-order valence-corrected chi connectivity index (χ4v) is 3.76. The van der Waals surface area contributed by atoms with E-state index in [1.54, 1.807) is 6.33 Å². The average molecular weight is 278 g/mol. The normalized spacial score (nSPS) is 24.0. The van der Waals surface area contributed by atoms with Crippen molar-refractivity contribution in [3.8, 4) is 0 Å². The monoisotopic (exact) mass is 278 g/mol. The van der Waals surface area contributed by atoms with Crippen LogP contribution in [0.2, 0.25) is 0 Å². The van der Waals surface area contributed by atoms with Gasteiger partial charge in [-0.2, -0.15) is 5.10 Å². The summed E-state index contributed by atoms with van der Waals surface area (Å²) >= 11 is 0. The van der Waals surface area contributed by atoms with E-state index < -0.39 is 0 Å². The fourth-order valence-electron chi connectivity index (χ4n) is 3.76. The van der Waals surface area contributed by atoms with E-state index in [1.165, 1.54) is 25.7 Å². The van der Waals surface area contributed by atoms with Crippen LogP contribution in [0, 0.1) is 11.3 Å². The Morgan fingerprint density at radius 2 is 2.15 bits per heavy atom. The smallest absolute Gasteiger partial charge is 0.138 e. The molecule has 1 aliphatic rings. The Bertz CT molecular complexity index is 422. The van der Waals surface area contributed by atoms with Gasteiger partial charge in [-0.05, 0) is 45.1 Å². The van der Waals surface area contributed by atoms with Crippen molar-refractivity contribution in [3.05, 3.63) is 12.2 Å². The molecule has 1 aromatic heterocycles. The Hall–Kier alpha value is -0.900. The van der Waals surface area contributed by atoms with Gasteiger partial charge in [-0.15, -0.1) is 0 Å². The summed E-state index contributed by atoms with van der Waals surface area (Å²) in [6.45, 7) is 9.18. The van der Waals surface area contributed by atoms with E-state index in [0.717, 1.165) is 18.2 Å². The van der Waals surface area contributed by atoms with Crippen molar-refractivity contribution in [1.29, 1.82) is 0 Å². The molecule has 2 unspecified atom stereocenters. The van der Waals surface area contributed by atoms with Gasteiger partial charge < -0.3 is 5.32 Å². The lowest BCUT2D eigenvalue weighted by Crippen LogP contribution is -2.45. The topological polar surface area (TPSA) is 42.7 Å². The van der Waals surface area contributed by atoms with Crippen molar-refractivity contribution in [3.63, 3.8) is 0 Å². The number of rotatable bonds is 5. The lowest BCUT2D eigenvalue weighted by molar-refractivity contribution is 0.0998. The van der Waals surface area contributed by atoms with E-state index in [9.17, 15) is 0 Å². The third-order valence-electron chi connectivity index (χ3n) is 4.99. The van der Waals surface area contributed by atoms with Crippen LogP contribution < -0.4 is 5.32 Å². The molecule has 1 N–H and O–H groups in total. The zero-order valence-corrected chi connectivity index (χ0v) is 13.7. The van der Waals surface area contributed by atoms with Gasteiger partial charge >= 0.3 is 0 Å². The first-order valence-corrected chi connectivity index (χ1v) is 8.01. The van der Waals surface area contributed by atoms with E-state index in [4.69, 9.17) is 0 Å². The number of hydrogen-bond donors (Lipinski definition) is 1. The standard InChI is InChI=1S/C16H30N4/c1-12(2)20-15(18-11-19-20)10-14(17-5)13-8-6-7-9-16(13,3)4/h11-14,17H,6-10H2,1-5H3. The summed E-state index contributed by atoms with van der Waals surface area (Å²) in [4.78, 5) is 4.48. The molecule has 0 bridgehead atoms. The predicted molar refractivity (Wildman–Crippen MR) is 82.7 cm³/mol. The maximum absolute atomic E-state index is 4.48. The van der Waals surface area contributed by atoms with Crippen molar-refractivity contribution in [2.75, 3.05) is 7.05 Å². The zero-order chi connectivity index (χ0) is 14.8. The van der Waals surface area contributed by atoms with Crippen LogP contribution in [0.1, 0.15) is 65.2 Å². The average Bonchev–Trinajstić information content (AvgIpc) is 2.84. The molecule has 0 amide bonds. The molecule has 1 fully saturated rings. The highest BCUT2D eigenvalue weighted by atomic mass is 15.3. The molecular weight excluding hydrogens is 248 g/mol. The molecule has 2 rings (SSSR count). The Morgan fingerprint density at radius 3 is 2.75 bits per heavy atom. The fraction of sp³-hybridized carbons (Fsp3) is 0.875. The molecule has 2 atom stereocenters. The Labute approximate surface area is 123 Å². The highest BCUT2D eigenvalue weighted by molar-refractivity contribution is 4.97. The van der Waals surface area contributed by atoms with Crippen LogP contribution in [-0.4, -0.2) is 27.9 Å². The molecule has 1 saturated carbocycles. The molecule has 4 heteroatoms. The maximum Gasteiger partial charge on any atom is 0.138 e. The van der Waals surface area contributed by atoms with Crippen molar-refractivity contribution < 1.29 is 0 Å². The van der Waals surface area contributed by atoms with Crippen molar-refractivity contribution >= 4 is 0 Å². The summed E-state index contributed by atoms with van der Waals surface area (Å²) in [5, 5.41) is 7.91. The Balaban J connectivity index is 2.14. The molecule has 0 aromatic carbocycles. The van der Waals surface area contributed by atoms with Crippen LogP contribution >= 0.6 is 0 Å². The molecule has 4 nitrogen and oxygen atoms in total. The maximum atomic E-state index is 4.48. The van der Waals surface area contributed by atoms with E-state index in [0.29, 0.717) is 17.5 Å². The highest BCUT2D eigenvalue weighted by Gasteiger charge is 2.37. The van der Waals surface area contributed by atoms with E-state index in [-0.39, 0.29) is 0 Å². The Morgan fingerprint density at radius 1 is 1.40 bits per heavy atom. The van der Waals surface area contributed by atoms with Gasteiger partial charge in [-0.25, -0.2) is 9.67 Å². The van der Waals surface area contributed by atoms with Gasteiger partial charge in [0, 0.05) is 18.5 Å². The third kappa shape index (κ3) is 3.22. The highest BCUT2D eigenvalue weighted by Crippen LogP contribution is 2.42. The van der Waals surface area contributed by atoms with Crippen LogP contribution in [0.5, 0.6) is 0 Å².